The van der Waals surface area contributed by atoms with Crippen molar-refractivity contribution in [2.45, 2.75) is 6.10 Å². The number of hydrogen-bond donors (Lipinski definition) is 2. The number of hydrazone groups is 1. The van der Waals surface area contributed by atoms with Crippen molar-refractivity contribution in [3.05, 3.63) is 42.0 Å². The van der Waals surface area contributed by atoms with Crippen LogP contribution in [0.4, 0.5) is 0 Å². The molecule has 0 aliphatic carbocycles. The molecule has 0 unspecified atom stereocenters. The molecule has 3 rings (SSSR count). The average Bonchev–Trinajstić information content (AvgIpc) is 2.68. The topological polar surface area (TPSA) is 98.6 Å². The highest BCUT2D eigenvalue weighted by Gasteiger charge is 2.27. The van der Waals surface area contributed by atoms with E-state index in [0.29, 0.717) is 17.1 Å². The number of hydrogen-bond acceptors (Lipinski definition) is 7. The predicted octanol–water partition coefficient (Wildman–Crippen LogP) is 1.70. The number of carbonyl (C=O) groups excluding carboxylic acids is 1. The summed E-state index contributed by atoms with van der Waals surface area (Å²) in [5.41, 5.74) is 2.97. The highest BCUT2D eigenvalue weighted by Crippen LogP contribution is 2.36. The zero-order valence-electron chi connectivity index (χ0n) is 14.3. The predicted molar refractivity (Wildman–Crippen MR) is 93.3 cm³/mol. The smallest absolute Gasteiger partial charge is 0.284 e. The number of phenolic OH excluding ortho intramolecular Hbond substituents is 1. The van der Waals surface area contributed by atoms with E-state index in [0.717, 1.165) is 0 Å². The third-order valence-corrected chi connectivity index (χ3v) is 3.69. The van der Waals surface area contributed by atoms with Crippen molar-refractivity contribution >= 4 is 12.1 Å². The average molecular weight is 358 g/mol. The number of benzene rings is 2. The molecule has 0 saturated carbocycles. The summed E-state index contributed by atoms with van der Waals surface area (Å²) in [4.78, 5) is 12.2. The maximum absolute atomic E-state index is 12.2. The van der Waals surface area contributed by atoms with Crippen LogP contribution in [0.25, 0.3) is 0 Å². The first-order valence-electron chi connectivity index (χ1n) is 7.78. The van der Waals surface area contributed by atoms with E-state index >= 15 is 0 Å². The van der Waals surface area contributed by atoms with Gasteiger partial charge >= 0.3 is 0 Å². The summed E-state index contributed by atoms with van der Waals surface area (Å²) in [5.74, 6) is 1.03. The number of aromatic hydroxyl groups is 1. The Morgan fingerprint density at radius 3 is 2.54 bits per heavy atom. The van der Waals surface area contributed by atoms with Crippen LogP contribution >= 0.6 is 0 Å². The lowest BCUT2D eigenvalue weighted by molar-refractivity contribution is -0.130. The zero-order chi connectivity index (χ0) is 18.5. The van der Waals surface area contributed by atoms with E-state index in [2.05, 4.69) is 10.5 Å². The van der Waals surface area contributed by atoms with E-state index in [4.69, 9.17) is 18.9 Å². The molecule has 0 aromatic heterocycles. The molecule has 1 aliphatic heterocycles. The SMILES string of the molecule is COc1cc(/C=N\NC(=O)[C@H]2COc3ccccc3O2)cc(OC)c1O. The van der Waals surface area contributed by atoms with Crippen LogP contribution in [0, 0.1) is 0 Å². The lowest BCUT2D eigenvalue weighted by Crippen LogP contribution is -2.42. The zero-order valence-corrected chi connectivity index (χ0v) is 14.3. The molecule has 26 heavy (non-hydrogen) atoms. The van der Waals surface area contributed by atoms with Crippen molar-refractivity contribution < 1.29 is 28.8 Å². The number of carbonyl (C=O) groups is 1. The molecular formula is C18H18N2O6. The highest BCUT2D eigenvalue weighted by atomic mass is 16.6. The van der Waals surface area contributed by atoms with Gasteiger partial charge in [0.15, 0.2) is 23.0 Å². The highest BCUT2D eigenvalue weighted by molar-refractivity contribution is 5.86. The van der Waals surface area contributed by atoms with E-state index in [1.807, 2.05) is 6.07 Å². The van der Waals surface area contributed by atoms with Gasteiger partial charge in [0.05, 0.1) is 20.4 Å². The Labute approximate surface area is 149 Å². The van der Waals surface area contributed by atoms with Crippen LogP contribution in [0.1, 0.15) is 5.56 Å². The lowest BCUT2D eigenvalue weighted by Gasteiger charge is -2.24. The maximum Gasteiger partial charge on any atom is 0.284 e. The maximum atomic E-state index is 12.2. The fraction of sp³-hybridized carbons (Fsp3) is 0.222. The number of rotatable bonds is 5. The number of amides is 1. The first kappa shape index (κ1) is 17.4. The quantitative estimate of drug-likeness (QED) is 0.624. The second kappa shape index (κ2) is 7.64. The van der Waals surface area contributed by atoms with E-state index in [-0.39, 0.29) is 23.9 Å². The number of phenols is 1. The normalized spacial score (nSPS) is 15.5. The van der Waals surface area contributed by atoms with Crippen LogP contribution in [0.3, 0.4) is 0 Å². The van der Waals surface area contributed by atoms with E-state index in [9.17, 15) is 9.90 Å². The molecule has 2 aromatic carbocycles. The van der Waals surface area contributed by atoms with Gasteiger partial charge < -0.3 is 24.1 Å². The number of para-hydroxylation sites is 2. The minimum absolute atomic E-state index is 0.0965. The molecule has 0 radical (unpaired) electrons. The molecule has 2 aromatic rings. The van der Waals surface area contributed by atoms with Gasteiger partial charge in [-0.05, 0) is 24.3 Å². The van der Waals surface area contributed by atoms with E-state index < -0.39 is 12.0 Å². The molecule has 2 N–H and O–H groups in total. The van der Waals surface area contributed by atoms with Crippen LogP contribution in [0.2, 0.25) is 0 Å². The van der Waals surface area contributed by atoms with Crippen molar-refractivity contribution in [3.8, 4) is 28.7 Å². The molecular weight excluding hydrogens is 340 g/mol. The monoisotopic (exact) mass is 358 g/mol. The van der Waals surface area contributed by atoms with E-state index in [1.165, 1.54) is 20.4 Å². The first-order chi connectivity index (χ1) is 12.6. The molecule has 1 aliphatic rings. The number of fused-ring (bicyclic) bond motifs is 1. The molecule has 1 amide bonds. The van der Waals surface area contributed by atoms with Gasteiger partial charge in [0.1, 0.15) is 6.61 Å². The van der Waals surface area contributed by atoms with Gasteiger partial charge in [-0.2, -0.15) is 5.10 Å². The number of nitrogens with one attached hydrogen (secondary N) is 1. The minimum Gasteiger partial charge on any atom is -0.502 e. The fourth-order valence-electron chi connectivity index (χ4n) is 2.38. The lowest BCUT2D eigenvalue weighted by atomic mass is 10.2. The number of methoxy groups -OCH3 is 2. The molecule has 1 heterocycles. The van der Waals surface area contributed by atoms with Crippen LogP contribution in [0.15, 0.2) is 41.5 Å². The summed E-state index contributed by atoms with van der Waals surface area (Å²) in [6.45, 7) is 0.0965. The summed E-state index contributed by atoms with van der Waals surface area (Å²) in [6, 6.07) is 10.2. The molecule has 136 valence electrons. The van der Waals surface area contributed by atoms with Gasteiger partial charge in [-0.25, -0.2) is 5.43 Å². The van der Waals surface area contributed by atoms with Crippen LogP contribution < -0.4 is 24.4 Å². The van der Waals surface area contributed by atoms with Gasteiger partial charge in [-0.1, -0.05) is 12.1 Å². The third kappa shape index (κ3) is 3.64. The molecule has 1 atom stereocenters. The van der Waals surface area contributed by atoms with Crippen molar-refractivity contribution in [2.24, 2.45) is 5.10 Å². The third-order valence-electron chi connectivity index (χ3n) is 3.69. The Kier molecular flexibility index (Phi) is 5.12. The van der Waals surface area contributed by atoms with Crippen molar-refractivity contribution in [1.82, 2.24) is 5.43 Å². The summed E-state index contributed by atoms with van der Waals surface area (Å²) in [5, 5.41) is 13.8. The largest absolute Gasteiger partial charge is 0.502 e. The molecule has 8 heteroatoms. The van der Waals surface area contributed by atoms with E-state index in [1.54, 1.807) is 30.3 Å². The summed E-state index contributed by atoms with van der Waals surface area (Å²) < 4.78 is 21.2. The van der Waals surface area contributed by atoms with Gasteiger partial charge in [0.2, 0.25) is 11.9 Å². The molecule has 0 fully saturated rings. The van der Waals surface area contributed by atoms with Crippen molar-refractivity contribution in [2.75, 3.05) is 20.8 Å². The second-order valence-corrected chi connectivity index (χ2v) is 5.37. The van der Waals surface area contributed by atoms with Gasteiger partial charge in [-0.3, -0.25) is 4.79 Å². The first-order valence-corrected chi connectivity index (χ1v) is 7.78. The minimum atomic E-state index is -0.800. The molecule has 0 spiro atoms. The molecule has 0 bridgehead atoms. The Balaban J connectivity index is 1.65. The van der Waals surface area contributed by atoms with Gasteiger partial charge in [0, 0.05) is 5.56 Å². The van der Waals surface area contributed by atoms with Crippen LogP contribution in [0.5, 0.6) is 28.7 Å². The molecule has 8 nitrogen and oxygen atoms in total. The van der Waals surface area contributed by atoms with Crippen molar-refractivity contribution in [1.29, 1.82) is 0 Å². The van der Waals surface area contributed by atoms with Crippen LogP contribution in [-0.2, 0) is 4.79 Å². The Bertz CT molecular complexity index is 811. The van der Waals surface area contributed by atoms with Gasteiger partial charge in [0.25, 0.3) is 5.91 Å². The Hall–Kier alpha value is -3.42. The van der Waals surface area contributed by atoms with Gasteiger partial charge in [-0.15, -0.1) is 0 Å². The summed E-state index contributed by atoms with van der Waals surface area (Å²) in [7, 11) is 2.85. The Morgan fingerprint density at radius 2 is 1.88 bits per heavy atom. The standard InChI is InChI=1S/C18H18N2O6/c1-23-14-7-11(8-15(24-2)17(14)21)9-19-20-18(22)16-10-25-12-5-3-4-6-13(12)26-16/h3-9,16,21H,10H2,1-2H3,(H,20,22)/b19-9-/t16-/m1/s1. The summed E-state index contributed by atoms with van der Waals surface area (Å²) >= 11 is 0. The number of nitrogens with zero attached hydrogens (tertiary/aromatic N) is 1. The fourth-order valence-corrected chi connectivity index (χ4v) is 2.38. The Morgan fingerprint density at radius 1 is 1.23 bits per heavy atom. The second-order valence-electron chi connectivity index (χ2n) is 5.37. The number of ether oxygens (including phenoxy) is 4. The molecule has 0 saturated heterocycles. The summed E-state index contributed by atoms with van der Waals surface area (Å²) in [6.07, 6.45) is 0.603. The van der Waals surface area contributed by atoms with Crippen molar-refractivity contribution in [3.63, 3.8) is 0 Å². The van der Waals surface area contributed by atoms with Crippen LogP contribution in [-0.4, -0.2) is 44.2 Å².